The molecule has 1 aliphatic carbocycles. The van der Waals surface area contributed by atoms with Crippen molar-refractivity contribution < 1.29 is 23.8 Å². The second kappa shape index (κ2) is 7.42. The van der Waals surface area contributed by atoms with E-state index in [0.29, 0.717) is 28.7 Å². The largest absolute Gasteiger partial charge is 0.548 e. The highest BCUT2D eigenvalue weighted by molar-refractivity contribution is 5.89. The molecule has 7 nitrogen and oxygen atoms in total. The van der Waals surface area contributed by atoms with Gasteiger partial charge in [0, 0.05) is 5.56 Å². The van der Waals surface area contributed by atoms with Crippen LogP contribution in [0.2, 0.25) is 0 Å². The number of aryl methyl sites for hydroxylation is 2. The average Bonchev–Trinajstić information content (AvgIpc) is 3.06. The van der Waals surface area contributed by atoms with E-state index in [1.54, 1.807) is 26.0 Å². The summed E-state index contributed by atoms with van der Waals surface area (Å²) in [6.07, 6.45) is 2.29. The maximum atomic E-state index is 12.1. The number of hydrogen-bond acceptors (Lipinski definition) is 6. The molecule has 1 aromatic carbocycles. The van der Waals surface area contributed by atoms with Crippen molar-refractivity contribution in [3.63, 3.8) is 0 Å². The summed E-state index contributed by atoms with van der Waals surface area (Å²) in [4.78, 5) is 35.4. The van der Waals surface area contributed by atoms with Gasteiger partial charge in [0.25, 0.3) is 5.91 Å². The highest BCUT2D eigenvalue weighted by atomic mass is 16.5. The molecular formula is C20H22NO6-. The van der Waals surface area contributed by atoms with Gasteiger partial charge in [-0.3, -0.25) is 4.79 Å². The van der Waals surface area contributed by atoms with E-state index in [1.165, 1.54) is 0 Å². The Morgan fingerprint density at radius 3 is 2.63 bits per heavy atom. The van der Waals surface area contributed by atoms with Crippen molar-refractivity contribution in [2.75, 3.05) is 6.61 Å². The molecule has 7 heteroatoms. The number of ether oxygens (including phenoxy) is 1. The first-order valence-electron chi connectivity index (χ1n) is 9.00. The van der Waals surface area contributed by atoms with E-state index < -0.39 is 17.9 Å². The fraction of sp³-hybridized carbons (Fsp3) is 0.450. The molecule has 1 aliphatic rings. The van der Waals surface area contributed by atoms with Crippen LogP contribution in [0.4, 0.5) is 0 Å². The minimum atomic E-state index is -1.33. The summed E-state index contributed by atoms with van der Waals surface area (Å²) in [6.45, 7) is 4.86. The first-order chi connectivity index (χ1) is 12.8. The van der Waals surface area contributed by atoms with Gasteiger partial charge in [-0.05, 0) is 55.4 Å². The van der Waals surface area contributed by atoms with Gasteiger partial charge < -0.3 is 24.4 Å². The van der Waals surface area contributed by atoms with Crippen LogP contribution in [0.1, 0.15) is 37.0 Å². The Hall–Kier alpha value is -2.83. The first kappa shape index (κ1) is 18.9. The van der Waals surface area contributed by atoms with Crippen molar-refractivity contribution in [2.45, 2.75) is 46.1 Å². The predicted octanol–water partition coefficient (Wildman–Crippen LogP) is 0.860. The third kappa shape index (κ3) is 3.82. The summed E-state index contributed by atoms with van der Waals surface area (Å²) in [5, 5.41) is 14.2. The summed E-state index contributed by atoms with van der Waals surface area (Å²) in [5.74, 6) is -1.74. The topological polar surface area (TPSA) is 109 Å². The molecule has 0 aliphatic heterocycles. The lowest BCUT2D eigenvalue weighted by Gasteiger charge is -2.23. The summed E-state index contributed by atoms with van der Waals surface area (Å²) >= 11 is 0. The fourth-order valence-electron chi connectivity index (χ4n) is 3.48. The molecule has 0 bridgehead atoms. The number of rotatable bonds is 6. The molecule has 0 fully saturated rings. The van der Waals surface area contributed by atoms with E-state index in [-0.39, 0.29) is 18.2 Å². The van der Waals surface area contributed by atoms with Gasteiger partial charge in [-0.1, -0.05) is 13.8 Å². The van der Waals surface area contributed by atoms with Crippen LogP contribution in [0.15, 0.2) is 21.3 Å². The summed E-state index contributed by atoms with van der Waals surface area (Å²) < 4.78 is 11.1. The number of nitrogens with one attached hydrogen (secondary N) is 1. The standard InChI is InChI=1S/C20H23NO6/c1-10(2)18(19(23)24)21-16(22)9-26-14-7-11(3)8-15-17(14)12-5-4-6-13(12)20(25)27-15/h7-8,10,18H,4-6,9H2,1-3H3,(H,21,22)(H,23,24)/p-1/t18-/m0/s1. The highest BCUT2D eigenvalue weighted by Gasteiger charge is 2.23. The predicted molar refractivity (Wildman–Crippen MR) is 96.5 cm³/mol. The Morgan fingerprint density at radius 1 is 1.26 bits per heavy atom. The second-order valence-corrected chi connectivity index (χ2v) is 7.23. The van der Waals surface area contributed by atoms with Crippen molar-refractivity contribution in [3.05, 3.63) is 39.2 Å². The summed E-state index contributed by atoms with van der Waals surface area (Å²) in [7, 11) is 0. The van der Waals surface area contributed by atoms with Crippen LogP contribution in [0, 0.1) is 12.8 Å². The summed E-state index contributed by atoms with van der Waals surface area (Å²) in [6, 6.07) is 2.47. The van der Waals surface area contributed by atoms with Gasteiger partial charge in [0.2, 0.25) is 0 Å². The van der Waals surface area contributed by atoms with Crippen molar-refractivity contribution in [3.8, 4) is 5.75 Å². The Bertz CT molecular complexity index is 959. The number of benzene rings is 1. The lowest BCUT2D eigenvalue weighted by Crippen LogP contribution is -2.51. The van der Waals surface area contributed by atoms with Gasteiger partial charge in [-0.15, -0.1) is 0 Å². The molecule has 27 heavy (non-hydrogen) atoms. The molecule has 1 atom stereocenters. The molecule has 1 heterocycles. The molecule has 0 saturated heterocycles. The van der Waals surface area contributed by atoms with Crippen LogP contribution < -0.4 is 20.8 Å². The van der Waals surface area contributed by atoms with Gasteiger partial charge in [0.1, 0.15) is 11.3 Å². The monoisotopic (exact) mass is 372 g/mol. The van der Waals surface area contributed by atoms with Gasteiger partial charge >= 0.3 is 5.63 Å². The molecule has 0 unspecified atom stereocenters. The van der Waals surface area contributed by atoms with Crippen LogP contribution in [-0.2, 0) is 22.4 Å². The first-order valence-corrected chi connectivity index (χ1v) is 9.00. The van der Waals surface area contributed by atoms with Crippen LogP contribution >= 0.6 is 0 Å². The van der Waals surface area contributed by atoms with Crippen molar-refractivity contribution in [2.24, 2.45) is 5.92 Å². The van der Waals surface area contributed by atoms with Crippen LogP contribution in [0.25, 0.3) is 11.0 Å². The number of fused-ring (bicyclic) bond motifs is 3. The van der Waals surface area contributed by atoms with Gasteiger partial charge in [-0.2, -0.15) is 0 Å². The molecule has 0 saturated carbocycles. The maximum Gasteiger partial charge on any atom is 0.339 e. The number of aliphatic carboxylic acids is 1. The van der Waals surface area contributed by atoms with Crippen LogP contribution in [-0.4, -0.2) is 24.5 Å². The number of carbonyl (C=O) groups excluding carboxylic acids is 2. The smallest absolute Gasteiger partial charge is 0.339 e. The average molecular weight is 372 g/mol. The van der Waals surface area contributed by atoms with Gasteiger partial charge in [0.15, 0.2) is 6.61 Å². The molecular weight excluding hydrogens is 350 g/mol. The fourth-order valence-corrected chi connectivity index (χ4v) is 3.48. The minimum absolute atomic E-state index is 0.309. The SMILES string of the molecule is Cc1cc(OCC(=O)N[C@H](C(=O)[O-])C(C)C)c2c3c(c(=O)oc2c1)CCC3. The molecule has 1 aromatic heterocycles. The zero-order chi connectivity index (χ0) is 19.7. The molecule has 0 spiro atoms. The van der Waals surface area contributed by atoms with E-state index in [4.69, 9.17) is 9.15 Å². The van der Waals surface area contributed by atoms with Crippen molar-refractivity contribution >= 4 is 22.8 Å². The Labute approximate surface area is 156 Å². The molecule has 1 amide bonds. The lowest BCUT2D eigenvalue weighted by atomic mass is 10.0. The number of carboxylic acids is 1. The molecule has 3 rings (SSSR count). The van der Waals surface area contributed by atoms with E-state index >= 15 is 0 Å². The van der Waals surface area contributed by atoms with E-state index in [2.05, 4.69) is 5.32 Å². The normalized spacial score (nSPS) is 14.2. The van der Waals surface area contributed by atoms with Gasteiger partial charge in [-0.25, -0.2) is 4.79 Å². The summed E-state index contributed by atoms with van der Waals surface area (Å²) in [5.41, 5.74) is 2.52. The number of carbonyl (C=O) groups is 2. The molecule has 1 N–H and O–H groups in total. The minimum Gasteiger partial charge on any atom is -0.548 e. The van der Waals surface area contributed by atoms with Crippen molar-refractivity contribution in [1.82, 2.24) is 5.32 Å². The highest BCUT2D eigenvalue weighted by Crippen LogP contribution is 2.35. The van der Waals surface area contributed by atoms with Gasteiger partial charge in [0.05, 0.1) is 17.4 Å². The third-order valence-corrected chi connectivity index (χ3v) is 4.77. The third-order valence-electron chi connectivity index (χ3n) is 4.77. The van der Waals surface area contributed by atoms with Crippen LogP contribution in [0.3, 0.4) is 0 Å². The second-order valence-electron chi connectivity index (χ2n) is 7.23. The zero-order valence-electron chi connectivity index (χ0n) is 15.6. The maximum absolute atomic E-state index is 12.1. The quantitative estimate of drug-likeness (QED) is 0.754. The van der Waals surface area contributed by atoms with E-state index in [1.807, 2.05) is 6.92 Å². The van der Waals surface area contributed by atoms with E-state index in [9.17, 15) is 19.5 Å². The molecule has 0 radical (unpaired) electrons. The molecule has 144 valence electrons. The zero-order valence-corrected chi connectivity index (χ0v) is 15.6. The number of carboxylic acid groups (broad SMARTS) is 1. The number of amides is 1. The lowest BCUT2D eigenvalue weighted by molar-refractivity contribution is -0.309. The Morgan fingerprint density at radius 2 is 1.96 bits per heavy atom. The van der Waals surface area contributed by atoms with Crippen molar-refractivity contribution in [1.29, 1.82) is 0 Å². The van der Waals surface area contributed by atoms with Crippen LogP contribution in [0.5, 0.6) is 5.75 Å². The number of hydrogen-bond donors (Lipinski definition) is 1. The Balaban J connectivity index is 1.87. The van der Waals surface area contributed by atoms with E-state index in [0.717, 1.165) is 24.0 Å². The Kier molecular flexibility index (Phi) is 5.21. The molecule has 2 aromatic rings.